The molecule has 2 aromatic rings. The molecule has 0 fully saturated rings. The number of sulfonamides is 1. The molecular formula is C11H9BrClFN2O2S2. The van der Waals surface area contributed by atoms with Crippen LogP contribution in [0.1, 0.15) is 4.88 Å². The van der Waals surface area contributed by atoms with Gasteiger partial charge in [0.25, 0.3) is 0 Å². The number of halogens is 3. The molecule has 0 aliphatic rings. The molecule has 9 heteroatoms. The molecular weight excluding hydrogens is 391 g/mol. The standard InChI is InChI=1S/C11H9BrClFN2O2S2/c12-10-2-1-7(19-10)5-16-20(17,18)9-4-6(13)3-8(15)11(9)14/h1-4,16H,5,15H2. The molecule has 1 aromatic heterocycles. The first-order chi connectivity index (χ1) is 9.29. The van der Waals surface area contributed by atoms with E-state index in [0.717, 1.165) is 20.8 Å². The second-order valence-corrected chi connectivity index (χ2v) is 8.56. The Kier molecular flexibility index (Phi) is 4.70. The molecule has 2 rings (SSSR count). The van der Waals surface area contributed by atoms with Crippen molar-refractivity contribution in [2.75, 3.05) is 5.73 Å². The van der Waals surface area contributed by atoms with Gasteiger partial charge in [-0.05, 0) is 40.2 Å². The summed E-state index contributed by atoms with van der Waals surface area (Å²) in [5.74, 6) is -1.01. The normalized spacial score (nSPS) is 11.8. The van der Waals surface area contributed by atoms with Crippen molar-refractivity contribution in [3.05, 3.63) is 43.8 Å². The molecule has 0 aliphatic heterocycles. The van der Waals surface area contributed by atoms with Crippen molar-refractivity contribution in [2.24, 2.45) is 0 Å². The van der Waals surface area contributed by atoms with Gasteiger partial charge in [0.05, 0.1) is 9.47 Å². The number of hydrogen-bond acceptors (Lipinski definition) is 4. The van der Waals surface area contributed by atoms with E-state index in [4.69, 9.17) is 17.3 Å². The van der Waals surface area contributed by atoms with Crippen LogP contribution < -0.4 is 10.5 Å². The highest BCUT2D eigenvalue weighted by molar-refractivity contribution is 9.11. The molecule has 0 amide bonds. The highest BCUT2D eigenvalue weighted by Crippen LogP contribution is 2.26. The Morgan fingerprint density at radius 1 is 1.40 bits per heavy atom. The lowest BCUT2D eigenvalue weighted by Gasteiger charge is -2.09. The summed E-state index contributed by atoms with van der Waals surface area (Å²) in [6, 6.07) is 5.75. The van der Waals surface area contributed by atoms with Crippen molar-refractivity contribution in [1.29, 1.82) is 0 Å². The zero-order valence-electron chi connectivity index (χ0n) is 9.86. The molecule has 3 N–H and O–H groups in total. The summed E-state index contributed by atoms with van der Waals surface area (Å²) < 4.78 is 41.1. The first-order valence-electron chi connectivity index (χ1n) is 5.28. The second kappa shape index (κ2) is 5.98. The number of nitrogen functional groups attached to an aromatic ring is 1. The Morgan fingerprint density at radius 2 is 2.10 bits per heavy atom. The van der Waals surface area contributed by atoms with E-state index in [1.807, 2.05) is 0 Å². The third kappa shape index (κ3) is 3.50. The van der Waals surface area contributed by atoms with Crippen LogP contribution in [0.3, 0.4) is 0 Å². The zero-order chi connectivity index (χ0) is 14.9. The van der Waals surface area contributed by atoms with E-state index in [-0.39, 0.29) is 17.3 Å². The summed E-state index contributed by atoms with van der Waals surface area (Å²) in [5, 5.41) is 0.0585. The number of hydrogen-bond donors (Lipinski definition) is 2. The molecule has 1 aromatic carbocycles. The lowest BCUT2D eigenvalue weighted by Crippen LogP contribution is -2.24. The Labute approximate surface area is 132 Å². The maximum Gasteiger partial charge on any atom is 0.243 e. The minimum Gasteiger partial charge on any atom is -0.396 e. The number of thiophene rings is 1. The second-order valence-electron chi connectivity index (χ2n) is 3.84. The smallest absolute Gasteiger partial charge is 0.243 e. The fraction of sp³-hybridized carbons (Fsp3) is 0.0909. The fourth-order valence-electron chi connectivity index (χ4n) is 1.47. The highest BCUT2D eigenvalue weighted by atomic mass is 79.9. The topological polar surface area (TPSA) is 72.2 Å². The van der Waals surface area contributed by atoms with Crippen LogP contribution in [-0.4, -0.2) is 8.42 Å². The molecule has 0 atom stereocenters. The number of anilines is 1. The quantitative estimate of drug-likeness (QED) is 0.774. The van der Waals surface area contributed by atoms with Crippen LogP contribution in [0.2, 0.25) is 5.02 Å². The molecule has 1 heterocycles. The number of nitrogens with one attached hydrogen (secondary N) is 1. The Morgan fingerprint density at radius 3 is 2.70 bits per heavy atom. The average molecular weight is 400 g/mol. The summed E-state index contributed by atoms with van der Waals surface area (Å²) in [7, 11) is -4.02. The summed E-state index contributed by atoms with van der Waals surface area (Å²) in [4.78, 5) is 0.231. The Hall–Kier alpha value is -0.670. The molecule has 0 saturated carbocycles. The van der Waals surface area contributed by atoms with Crippen molar-refractivity contribution in [3.63, 3.8) is 0 Å². The number of nitrogens with two attached hydrogens (primary N) is 1. The molecule has 0 bridgehead atoms. The minimum atomic E-state index is -4.02. The van der Waals surface area contributed by atoms with Crippen LogP contribution in [0.15, 0.2) is 32.9 Å². The molecule has 20 heavy (non-hydrogen) atoms. The SMILES string of the molecule is Nc1cc(Cl)cc(S(=O)(=O)NCc2ccc(Br)s2)c1F. The van der Waals surface area contributed by atoms with E-state index in [9.17, 15) is 12.8 Å². The molecule has 0 saturated heterocycles. The molecule has 0 aliphatic carbocycles. The lowest BCUT2D eigenvalue weighted by molar-refractivity contribution is 0.559. The predicted octanol–water partition coefficient (Wildman–Crippen LogP) is 3.36. The lowest BCUT2D eigenvalue weighted by atomic mass is 10.3. The van der Waals surface area contributed by atoms with E-state index in [1.165, 1.54) is 11.3 Å². The van der Waals surface area contributed by atoms with Gasteiger partial charge < -0.3 is 5.73 Å². The average Bonchev–Trinajstić information content (AvgIpc) is 2.77. The Balaban J connectivity index is 2.27. The van der Waals surface area contributed by atoms with E-state index in [2.05, 4.69) is 20.7 Å². The van der Waals surface area contributed by atoms with Gasteiger partial charge in [-0.3, -0.25) is 0 Å². The summed E-state index contributed by atoms with van der Waals surface area (Å²) in [6.07, 6.45) is 0. The number of benzene rings is 1. The van der Waals surface area contributed by atoms with Gasteiger partial charge in [0.15, 0.2) is 5.82 Å². The van der Waals surface area contributed by atoms with E-state index in [1.54, 1.807) is 12.1 Å². The minimum absolute atomic E-state index is 0.0585. The van der Waals surface area contributed by atoms with Gasteiger partial charge in [-0.2, -0.15) is 0 Å². The van der Waals surface area contributed by atoms with Crippen molar-refractivity contribution >= 4 is 54.6 Å². The van der Waals surface area contributed by atoms with Crippen LogP contribution in [0.25, 0.3) is 0 Å². The number of rotatable bonds is 4. The molecule has 0 unspecified atom stereocenters. The van der Waals surface area contributed by atoms with Crippen LogP contribution in [-0.2, 0) is 16.6 Å². The van der Waals surface area contributed by atoms with Crippen molar-refractivity contribution in [3.8, 4) is 0 Å². The van der Waals surface area contributed by atoms with Gasteiger partial charge in [-0.1, -0.05) is 11.6 Å². The van der Waals surface area contributed by atoms with Crippen molar-refractivity contribution in [1.82, 2.24) is 4.72 Å². The van der Waals surface area contributed by atoms with Gasteiger partial charge in [0, 0.05) is 16.4 Å². The highest BCUT2D eigenvalue weighted by Gasteiger charge is 2.21. The first kappa shape index (κ1) is 15.7. The van der Waals surface area contributed by atoms with Crippen LogP contribution in [0.4, 0.5) is 10.1 Å². The molecule has 4 nitrogen and oxygen atoms in total. The van der Waals surface area contributed by atoms with E-state index >= 15 is 0 Å². The third-order valence-electron chi connectivity index (χ3n) is 2.39. The van der Waals surface area contributed by atoms with Crippen molar-refractivity contribution in [2.45, 2.75) is 11.4 Å². The molecule has 0 radical (unpaired) electrons. The van der Waals surface area contributed by atoms with E-state index < -0.39 is 20.7 Å². The summed E-state index contributed by atoms with van der Waals surface area (Å²) in [5.41, 5.74) is 5.06. The van der Waals surface area contributed by atoms with Crippen molar-refractivity contribution < 1.29 is 12.8 Å². The first-order valence-corrected chi connectivity index (χ1v) is 8.75. The largest absolute Gasteiger partial charge is 0.396 e. The fourth-order valence-corrected chi connectivity index (χ4v) is 4.41. The van der Waals surface area contributed by atoms with Gasteiger partial charge >= 0.3 is 0 Å². The van der Waals surface area contributed by atoms with Gasteiger partial charge in [-0.15, -0.1) is 11.3 Å². The third-order valence-corrected chi connectivity index (χ3v) is 5.63. The summed E-state index contributed by atoms with van der Waals surface area (Å²) in [6.45, 7) is 0.0600. The van der Waals surface area contributed by atoms with Gasteiger partial charge in [-0.25, -0.2) is 17.5 Å². The van der Waals surface area contributed by atoms with Gasteiger partial charge in [0.2, 0.25) is 10.0 Å². The van der Waals surface area contributed by atoms with Crippen LogP contribution in [0, 0.1) is 5.82 Å². The Bertz CT molecular complexity index is 749. The predicted molar refractivity (Wildman–Crippen MR) is 81.9 cm³/mol. The maximum atomic E-state index is 13.8. The molecule has 0 spiro atoms. The monoisotopic (exact) mass is 398 g/mol. The van der Waals surface area contributed by atoms with Gasteiger partial charge in [0.1, 0.15) is 4.90 Å². The van der Waals surface area contributed by atoms with Crippen LogP contribution >= 0.6 is 38.9 Å². The zero-order valence-corrected chi connectivity index (χ0v) is 13.8. The van der Waals surface area contributed by atoms with E-state index in [0.29, 0.717) is 0 Å². The molecule has 108 valence electrons. The summed E-state index contributed by atoms with van der Waals surface area (Å²) >= 11 is 10.4. The maximum absolute atomic E-state index is 13.8. The van der Waals surface area contributed by atoms with Crippen LogP contribution in [0.5, 0.6) is 0 Å².